The van der Waals surface area contributed by atoms with E-state index in [1.165, 1.54) is 94.8 Å². The number of benzene rings is 4. The predicted octanol–water partition coefficient (Wildman–Crippen LogP) is 20.6. The molecular weight excluding hydrogens is 1510 g/mol. The Balaban J connectivity index is 0.000000310. The molecule has 0 saturated heterocycles. The Morgan fingerprint density at radius 1 is 0.398 bits per heavy atom. The van der Waals surface area contributed by atoms with Crippen LogP contribution in [0.3, 0.4) is 0 Å². The molecule has 0 N–H and O–H groups in total. The molecule has 2 saturated carbocycles. The van der Waals surface area contributed by atoms with Crippen molar-refractivity contribution in [2.24, 2.45) is 10.4 Å². The van der Waals surface area contributed by atoms with Crippen molar-refractivity contribution in [1.82, 2.24) is 0 Å². The third-order valence-corrected chi connectivity index (χ3v) is 21.1. The average molecular weight is 1570 g/mol. The first-order valence-corrected chi connectivity index (χ1v) is 31.4. The molecule has 515 valence electrons. The number of rotatable bonds is 8. The van der Waals surface area contributed by atoms with Gasteiger partial charge in [0.1, 0.15) is 12.8 Å². The van der Waals surface area contributed by atoms with Crippen LogP contribution < -0.4 is 27.2 Å². The maximum absolute atomic E-state index is 14.2. The largest absolute Gasteiger partial charge is 0.475 e. The van der Waals surface area contributed by atoms with Crippen molar-refractivity contribution in [3.63, 3.8) is 0 Å². The molecule has 4 aliphatic rings. The van der Waals surface area contributed by atoms with Gasteiger partial charge in [0, 0.05) is 20.1 Å². The van der Waals surface area contributed by atoms with Crippen molar-refractivity contribution in [3.8, 4) is 0 Å². The van der Waals surface area contributed by atoms with Gasteiger partial charge < -0.3 is 4.74 Å². The number of allylic oxidation sites excluding steroid dienone is 4. The Labute approximate surface area is 538 Å². The van der Waals surface area contributed by atoms with Crippen molar-refractivity contribution in [2.45, 2.75) is 177 Å². The van der Waals surface area contributed by atoms with Crippen LogP contribution in [0.4, 0.5) is 105 Å². The van der Waals surface area contributed by atoms with Gasteiger partial charge in [-0.15, -0.1) is 11.3 Å². The number of alkyl halides is 24. The van der Waals surface area contributed by atoms with Gasteiger partial charge >= 0.3 is 49.4 Å². The quantitative estimate of drug-likeness (QED) is 0.0657. The van der Waals surface area contributed by atoms with Gasteiger partial charge in [0.05, 0.1) is 55.4 Å². The van der Waals surface area contributed by atoms with E-state index < -0.39 is 195 Å². The standard InChI is InChI=1S/C32H12BF24.C23H36NOPS.C8H12.Ir/c34-25(35,36)13-1-14(26(37,38)39)6-21(5-13)33(22-7-15(27(40,41)42)2-16(8-22)28(43,44)45,23-9-17(29(46,47)48)3-18(10-23)30(49,50)51)24-11-19(31(52,53)54)4-20(12-24)32(55,56)57;1-23(2,3)20-16-25-22(24-20)21-19(14-15-27-21)26(17-10-6-4-7-11-17)18-12-8-5-9-13-18;1-2-4-6-8-7-5-3-1;/h1-12H;14-15,17-18,20H,4-13,16H2,1-3H3;1-2,7-8H,3-6H2;/q-1;;;/b;;2-1-,8-7-;/t;20-;;/m.1../s1. The molecule has 30 heteroatoms. The molecule has 1 aliphatic heterocycles. The molecule has 1 aromatic heterocycles. The molecule has 0 amide bonds. The van der Waals surface area contributed by atoms with E-state index in [9.17, 15) is 105 Å². The van der Waals surface area contributed by atoms with Gasteiger partial charge in [-0.25, -0.2) is 4.99 Å². The normalized spacial score (nSPS) is 18.6. The van der Waals surface area contributed by atoms with Crippen LogP contribution in [0, 0.1) is 5.41 Å². The summed E-state index contributed by atoms with van der Waals surface area (Å²) in [6.45, 7) is 7.58. The molecule has 2 heterocycles. The Bertz CT molecular complexity index is 2940. The number of nitrogens with zero attached hydrogens (tertiary/aromatic N) is 1. The summed E-state index contributed by atoms with van der Waals surface area (Å²) in [5.74, 6) is 0.957. The number of hydrogen-bond acceptors (Lipinski definition) is 3. The summed E-state index contributed by atoms with van der Waals surface area (Å²) in [5.41, 5.74) is -28.2. The van der Waals surface area contributed by atoms with E-state index in [-0.39, 0.29) is 39.5 Å². The first-order valence-electron chi connectivity index (χ1n) is 29.0. The SMILES string of the molecule is C1=C\CC/C=C\CC/1.CC(C)(C)[C@H]1COC(c2sccc2P(C2CCCCC2)C2CCCCC2)=N1.FC(F)(F)c1cc([B-](c2cc(C(F)(F)F)cc(C(F)(F)F)c2)(c2cc(C(F)(F)F)cc(C(F)(F)F)c2)c2cc(C(F)(F)F)cc(C(F)(F)F)c2)cc(C(F)(F)F)c1.[Ir]. The Morgan fingerprint density at radius 3 is 0.882 bits per heavy atom. The monoisotopic (exact) mass is 1570 g/mol. The van der Waals surface area contributed by atoms with Crippen molar-refractivity contribution in [2.75, 3.05) is 6.61 Å². The van der Waals surface area contributed by atoms with Gasteiger partial charge in [-0.05, 0) is 109 Å². The summed E-state index contributed by atoms with van der Waals surface area (Å²) in [6, 6.07) is -6.07. The Hall–Kier alpha value is -5.01. The summed E-state index contributed by atoms with van der Waals surface area (Å²) in [5, 5.41) is 3.95. The average Bonchev–Trinajstić information content (AvgIpc) is 1.11. The van der Waals surface area contributed by atoms with Gasteiger partial charge in [-0.2, -0.15) is 127 Å². The second-order valence-corrected chi connectivity index (χ2v) is 27.7. The number of ether oxygens (including phenoxy) is 1. The number of hydrogen-bond donors (Lipinski definition) is 0. The number of aliphatic imine (C=N–C) groups is 1. The molecule has 5 aromatic rings. The van der Waals surface area contributed by atoms with Gasteiger partial charge in [0.25, 0.3) is 0 Å². The molecular formula is C63H60BF24IrNOPS-. The molecule has 1 radical (unpaired) electrons. The van der Waals surface area contributed by atoms with Crippen LogP contribution in [0.5, 0.6) is 0 Å². The van der Waals surface area contributed by atoms with Crippen molar-refractivity contribution < 1.29 is 130 Å². The van der Waals surface area contributed by atoms with Crippen molar-refractivity contribution in [1.29, 1.82) is 0 Å². The summed E-state index contributed by atoms with van der Waals surface area (Å²) < 4.78 is 347. The molecule has 1 atom stereocenters. The van der Waals surface area contributed by atoms with E-state index in [4.69, 9.17) is 9.73 Å². The van der Waals surface area contributed by atoms with Crippen LogP contribution in [0.2, 0.25) is 0 Å². The van der Waals surface area contributed by atoms with Crippen LogP contribution in [0.1, 0.15) is 160 Å². The fourth-order valence-corrected chi connectivity index (χ4v) is 17.1. The third-order valence-electron chi connectivity index (χ3n) is 16.5. The topological polar surface area (TPSA) is 21.6 Å². The fourth-order valence-electron chi connectivity index (χ4n) is 11.9. The minimum Gasteiger partial charge on any atom is -0.475 e. The zero-order valence-electron chi connectivity index (χ0n) is 49.4. The second kappa shape index (κ2) is 29.4. The summed E-state index contributed by atoms with van der Waals surface area (Å²) in [6.07, 6.45) is -26.3. The van der Waals surface area contributed by atoms with Crippen LogP contribution >= 0.6 is 19.3 Å². The minimum absolute atomic E-state index is 0. The first-order chi connectivity index (χ1) is 42.3. The molecule has 93 heavy (non-hydrogen) atoms. The van der Waals surface area contributed by atoms with Gasteiger partial charge in [-0.1, -0.05) is 140 Å². The Kier molecular flexibility index (Phi) is 24.3. The van der Waals surface area contributed by atoms with Crippen LogP contribution in [0.15, 0.2) is 114 Å². The predicted molar refractivity (Wildman–Crippen MR) is 307 cm³/mol. The van der Waals surface area contributed by atoms with Crippen molar-refractivity contribution in [3.05, 3.63) is 158 Å². The Morgan fingerprint density at radius 2 is 0.656 bits per heavy atom. The van der Waals surface area contributed by atoms with E-state index in [1.807, 2.05) is 11.3 Å². The zero-order valence-corrected chi connectivity index (χ0v) is 53.5. The van der Waals surface area contributed by atoms with Gasteiger partial charge in [0.2, 0.25) is 5.90 Å². The molecule has 9 rings (SSSR count). The first kappa shape index (κ1) is 77.0. The van der Waals surface area contributed by atoms with E-state index >= 15 is 0 Å². The minimum atomic E-state index is -6.13. The number of thiophene rings is 1. The second-order valence-electron chi connectivity index (χ2n) is 24.1. The summed E-state index contributed by atoms with van der Waals surface area (Å²) in [4.78, 5) is 6.43. The molecule has 0 bridgehead atoms. The summed E-state index contributed by atoms with van der Waals surface area (Å²) >= 11 is 1.88. The molecule has 2 fully saturated rings. The zero-order chi connectivity index (χ0) is 68.4. The van der Waals surface area contributed by atoms with E-state index in [1.54, 1.807) is 5.30 Å². The van der Waals surface area contributed by atoms with E-state index in [2.05, 4.69) is 56.5 Å². The molecule has 4 aromatic carbocycles. The van der Waals surface area contributed by atoms with E-state index in [0.717, 1.165) is 23.8 Å². The van der Waals surface area contributed by atoms with Gasteiger partial charge in [0.15, 0.2) is 0 Å². The van der Waals surface area contributed by atoms with Crippen LogP contribution in [0.25, 0.3) is 0 Å². The smallest absolute Gasteiger partial charge is 0.416 e. The molecule has 2 nitrogen and oxygen atoms in total. The third kappa shape index (κ3) is 19.4. The maximum Gasteiger partial charge on any atom is 0.416 e. The van der Waals surface area contributed by atoms with E-state index in [0.29, 0.717) is 0 Å². The van der Waals surface area contributed by atoms with Gasteiger partial charge in [-0.3, -0.25) is 0 Å². The molecule has 0 spiro atoms. The maximum atomic E-state index is 14.2. The fraction of sp³-hybridized carbons (Fsp3) is 0.476. The molecule has 0 unspecified atom stereocenters. The van der Waals surface area contributed by atoms with Crippen LogP contribution in [-0.2, 0) is 74.3 Å². The molecule has 3 aliphatic carbocycles. The summed E-state index contributed by atoms with van der Waals surface area (Å²) in [7, 11) is -0.0847. The number of halogens is 24. The van der Waals surface area contributed by atoms with Crippen molar-refractivity contribution >= 4 is 58.5 Å². The van der Waals surface area contributed by atoms with Crippen LogP contribution in [-0.4, -0.2) is 36.0 Å².